The summed E-state index contributed by atoms with van der Waals surface area (Å²) >= 11 is 3.44. The molecular formula is C14H12BrN3O2. The number of nitrogens with one attached hydrogen (secondary N) is 2. The van der Waals surface area contributed by atoms with E-state index in [2.05, 4.69) is 31.4 Å². The third-order valence-electron chi connectivity index (χ3n) is 3.10. The molecule has 2 N–H and O–H groups in total. The van der Waals surface area contributed by atoms with E-state index in [1.54, 1.807) is 6.07 Å². The Hall–Kier alpha value is -2.08. The van der Waals surface area contributed by atoms with Gasteiger partial charge in [-0.25, -0.2) is 0 Å². The van der Waals surface area contributed by atoms with Crippen LogP contribution in [0.4, 0.5) is 5.69 Å². The van der Waals surface area contributed by atoms with Gasteiger partial charge in [-0.1, -0.05) is 22.0 Å². The van der Waals surface area contributed by atoms with Crippen molar-refractivity contribution in [2.24, 2.45) is 0 Å². The summed E-state index contributed by atoms with van der Waals surface area (Å²) in [6.07, 6.45) is 0. The first-order valence-electron chi connectivity index (χ1n) is 6.07. The predicted molar refractivity (Wildman–Crippen MR) is 79.9 cm³/mol. The number of fused-ring (bicyclic) bond motifs is 1. The van der Waals surface area contributed by atoms with Gasteiger partial charge in [0.2, 0.25) is 0 Å². The van der Waals surface area contributed by atoms with Crippen LogP contribution in [-0.4, -0.2) is 16.1 Å². The summed E-state index contributed by atoms with van der Waals surface area (Å²) in [6, 6.07) is 7.32. The molecule has 6 heteroatoms. The molecule has 2 aromatic heterocycles. The Labute approximate surface area is 123 Å². The quantitative estimate of drug-likeness (QED) is 0.749. The Bertz CT molecular complexity index is 784. The lowest BCUT2D eigenvalue weighted by atomic mass is 10.2. The third-order valence-corrected chi connectivity index (χ3v) is 3.79. The second-order valence-electron chi connectivity index (χ2n) is 4.53. The molecule has 3 aromatic rings. The summed E-state index contributed by atoms with van der Waals surface area (Å²) in [5.41, 5.74) is 2.92. The number of carbonyl (C=O) groups is 1. The van der Waals surface area contributed by atoms with E-state index >= 15 is 0 Å². The number of nitrogens with zero attached hydrogens (tertiary/aromatic N) is 1. The van der Waals surface area contributed by atoms with Crippen molar-refractivity contribution in [3.63, 3.8) is 0 Å². The van der Waals surface area contributed by atoms with E-state index in [1.165, 1.54) is 0 Å². The second kappa shape index (κ2) is 4.79. The number of hydrogen-bond donors (Lipinski definition) is 2. The van der Waals surface area contributed by atoms with Crippen LogP contribution < -0.4 is 5.32 Å². The molecule has 1 amide bonds. The number of amides is 1. The zero-order valence-corrected chi connectivity index (χ0v) is 12.5. The molecular weight excluding hydrogens is 322 g/mol. The smallest absolute Gasteiger partial charge is 0.291 e. The standard InChI is InChI=1S/C14H12BrN3O2/c1-7-13(8(2)18-17-7)16-14(19)12-6-9-10(15)4-3-5-11(9)20-12/h3-6H,1-2H3,(H,16,19)(H,17,18). The van der Waals surface area contributed by atoms with Gasteiger partial charge in [-0.3, -0.25) is 9.89 Å². The van der Waals surface area contributed by atoms with E-state index in [1.807, 2.05) is 32.0 Å². The van der Waals surface area contributed by atoms with E-state index in [0.717, 1.165) is 21.2 Å². The van der Waals surface area contributed by atoms with Gasteiger partial charge in [0.15, 0.2) is 5.76 Å². The highest BCUT2D eigenvalue weighted by Crippen LogP contribution is 2.27. The molecule has 0 saturated heterocycles. The Morgan fingerprint density at radius 3 is 2.85 bits per heavy atom. The maximum atomic E-state index is 12.2. The maximum absolute atomic E-state index is 12.2. The summed E-state index contributed by atoms with van der Waals surface area (Å²) in [5, 5.41) is 10.6. The monoisotopic (exact) mass is 333 g/mol. The molecule has 1 aromatic carbocycles. The molecule has 5 nitrogen and oxygen atoms in total. The number of hydrogen-bond acceptors (Lipinski definition) is 3. The van der Waals surface area contributed by atoms with Crippen molar-refractivity contribution < 1.29 is 9.21 Å². The summed E-state index contributed by atoms with van der Waals surface area (Å²) in [5.74, 6) is -0.0207. The number of halogens is 1. The number of rotatable bonds is 2. The van der Waals surface area contributed by atoms with Crippen molar-refractivity contribution in [2.45, 2.75) is 13.8 Å². The highest BCUT2D eigenvalue weighted by Gasteiger charge is 2.16. The summed E-state index contributed by atoms with van der Waals surface area (Å²) in [4.78, 5) is 12.2. The lowest BCUT2D eigenvalue weighted by Gasteiger charge is -2.02. The van der Waals surface area contributed by atoms with Gasteiger partial charge in [0.25, 0.3) is 5.91 Å². The van der Waals surface area contributed by atoms with Crippen LogP contribution in [0.15, 0.2) is 33.2 Å². The van der Waals surface area contributed by atoms with Crippen molar-refractivity contribution in [2.75, 3.05) is 5.32 Å². The van der Waals surface area contributed by atoms with Gasteiger partial charge in [-0.2, -0.15) is 5.10 Å². The zero-order chi connectivity index (χ0) is 14.3. The third kappa shape index (κ3) is 2.12. The van der Waals surface area contributed by atoms with Crippen LogP contribution in [0.5, 0.6) is 0 Å². The minimum Gasteiger partial charge on any atom is -0.451 e. The fourth-order valence-corrected chi connectivity index (χ4v) is 2.51. The topological polar surface area (TPSA) is 70.9 Å². The Morgan fingerprint density at radius 1 is 1.40 bits per heavy atom. The number of furan rings is 1. The molecule has 0 radical (unpaired) electrons. The molecule has 0 aliphatic heterocycles. The Balaban J connectivity index is 1.95. The van der Waals surface area contributed by atoms with Crippen LogP contribution in [-0.2, 0) is 0 Å². The average molecular weight is 334 g/mol. The summed E-state index contributed by atoms with van der Waals surface area (Å²) in [7, 11) is 0. The number of H-pyrrole nitrogens is 1. The van der Waals surface area contributed by atoms with Gasteiger partial charge in [0, 0.05) is 9.86 Å². The van der Waals surface area contributed by atoms with Gasteiger partial charge >= 0.3 is 0 Å². The molecule has 0 atom stereocenters. The van der Waals surface area contributed by atoms with Crippen molar-refractivity contribution in [1.82, 2.24) is 10.2 Å². The molecule has 0 fully saturated rings. The lowest BCUT2D eigenvalue weighted by Crippen LogP contribution is -2.11. The highest BCUT2D eigenvalue weighted by molar-refractivity contribution is 9.10. The van der Waals surface area contributed by atoms with E-state index in [9.17, 15) is 4.79 Å². The van der Waals surface area contributed by atoms with Gasteiger partial charge in [-0.05, 0) is 32.0 Å². The van der Waals surface area contributed by atoms with Crippen LogP contribution in [0.3, 0.4) is 0 Å². The number of benzene rings is 1. The van der Waals surface area contributed by atoms with Gasteiger partial charge in [0.05, 0.1) is 17.1 Å². The first kappa shape index (κ1) is 12.9. The minimum atomic E-state index is -0.291. The number of anilines is 1. The minimum absolute atomic E-state index is 0.270. The van der Waals surface area contributed by atoms with Gasteiger partial charge in [0.1, 0.15) is 5.58 Å². The lowest BCUT2D eigenvalue weighted by molar-refractivity contribution is 0.0998. The van der Waals surface area contributed by atoms with Crippen LogP contribution >= 0.6 is 15.9 Å². The molecule has 3 rings (SSSR count). The molecule has 20 heavy (non-hydrogen) atoms. The largest absolute Gasteiger partial charge is 0.451 e. The highest BCUT2D eigenvalue weighted by atomic mass is 79.9. The molecule has 0 aliphatic rings. The molecule has 0 bridgehead atoms. The maximum Gasteiger partial charge on any atom is 0.291 e. The Kier molecular flexibility index (Phi) is 3.10. The van der Waals surface area contributed by atoms with Crippen molar-refractivity contribution in [3.8, 4) is 0 Å². The molecule has 2 heterocycles. The number of carbonyl (C=O) groups excluding carboxylic acids is 1. The van der Waals surface area contributed by atoms with E-state index < -0.39 is 0 Å². The van der Waals surface area contributed by atoms with Crippen molar-refractivity contribution >= 4 is 38.5 Å². The molecule has 0 saturated carbocycles. The molecule has 102 valence electrons. The van der Waals surface area contributed by atoms with Crippen LogP contribution in [0.25, 0.3) is 11.0 Å². The number of aryl methyl sites for hydroxylation is 2. The van der Waals surface area contributed by atoms with Crippen molar-refractivity contribution in [1.29, 1.82) is 0 Å². The normalized spacial score (nSPS) is 10.9. The second-order valence-corrected chi connectivity index (χ2v) is 5.38. The first-order valence-corrected chi connectivity index (χ1v) is 6.86. The summed E-state index contributed by atoms with van der Waals surface area (Å²) in [6.45, 7) is 3.68. The fraction of sp³-hybridized carbons (Fsp3) is 0.143. The first-order chi connectivity index (χ1) is 9.56. The van der Waals surface area contributed by atoms with Crippen molar-refractivity contribution in [3.05, 3.63) is 45.9 Å². The zero-order valence-electron chi connectivity index (χ0n) is 11.0. The van der Waals surface area contributed by atoms with Gasteiger partial charge in [-0.15, -0.1) is 0 Å². The van der Waals surface area contributed by atoms with E-state index in [-0.39, 0.29) is 11.7 Å². The van der Waals surface area contributed by atoms with Crippen LogP contribution in [0.1, 0.15) is 21.9 Å². The molecule has 0 aliphatic carbocycles. The number of aromatic nitrogens is 2. The number of aromatic amines is 1. The van der Waals surface area contributed by atoms with Crippen LogP contribution in [0, 0.1) is 13.8 Å². The predicted octanol–water partition coefficient (Wildman–Crippen LogP) is 3.79. The van der Waals surface area contributed by atoms with E-state index in [4.69, 9.17) is 4.42 Å². The van der Waals surface area contributed by atoms with Gasteiger partial charge < -0.3 is 9.73 Å². The van der Waals surface area contributed by atoms with Crippen LogP contribution in [0.2, 0.25) is 0 Å². The fourth-order valence-electron chi connectivity index (χ4n) is 2.05. The SMILES string of the molecule is Cc1n[nH]c(C)c1NC(=O)c1cc2c(Br)cccc2o1. The Morgan fingerprint density at radius 2 is 2.20 bits per heavy atom. The summed E-state index contributed by atoms with van der Waals surface area (Å²) < 4.78 is 6.46. The van der Waals surface area contributed by atoms with E-state index in [0.29, 0.717) is 11.3 Å². The average Bonchev–Trinajstić information content (AvgIpc) is 2.98. The molecule has 0 spiro atoms. The molecule has 0 unspecified atom stereocenters.